The van der Waals surface area contributed by atoms with Crippen molar-refractivity contribution in [1.82, 2.24) is 0 Å². The molecule has 0 atom stereocenters. The molecule has 0 fully saturated rings. The largest absolute Gasteiger partial charge is 4.00 e. The fourth-order valence-electron chi connectivity index (χ4n) is 2.03. The van der Waals surface area contributed by atoms with Gasteiger partial charge in [0.25, 0.3) is 0 Å². The Morgan fingerprint density at radius 3 is 2.24 bits per heavy atom. The van der Waals surface area contributed by atoms with Crippen molar-refractivity contribution in [3.63, 3.8) is 0 Å². The summed E-state index contributed by atoms with van der Waals surface area (Å²) in [5.41, 5.74) is 1.48. The number of hydrogen-bond donors (Lipinski definition) is 0. The minimum atomic E-state index is 0. The van der Waals surface area contributed by atoms with Gasteiger partial charge in [-0.3, -0.25) is 0 Å². The topological polar surface area (TPSA) is 0 Å². The van der Waals surface area contributed by atoms with Crippen LogP contribution in [0.3, 0.4) is 0 Å². The van der Waals surface area contributed by atoms with E-state index in [1.54, 1.807) is 0 Å². The van der Waals surface area contributed by atoms with E-state index in [0.717, 1.165) is 0 Å². The number of halogens is 2. The summed E-state index contributed by atoms with van der Waals surface area (Å²) in [4.78, 5) is 0. The molecule has 3 rings (SSSR count). The molecule has 0 nitrogen and oxygen atoms in total. The number of rotatable bonds is 3. The van der Waals surface area contributed by atoms with Gasteiger partial charge in [-0.1, -0.05) is 32.3 Å². The maximum Gasteiger partial charge on any atom is 4.00 e. The van der Waals surface area contributed by atoms with Crippen LogP contribution in [-0.4, -0.2) is 0 Å². The molecule has 0 spiro atoms. The normalized spacial score (nSPS) is 8.62. The van der Waals surface area contributed by atoms with E-state index in [1.807, 2.05) is 0 Å². The van der Waals surface area contributed by atoms with Crippen LogP contribution in [-0.2, 0) is 28.1 Å². The summed E-state index contributed by atoms with van der Waals surface area (Å²) in [7, 11) is 0. The molecule has 0 aromatic heterocycles. The van der Waals surface area contributed by atoms with Crippen molar-refractivity contribution in [3.8, 4) is 0 Å². The van der Waals surface area contributed by atoms with Crippen LogP contribution in [0, 0.1) is 0 Å². The Bertz CT molecular complexity index is 525. The fraction of sp³-hybridized carbons (Fsp3) is 0.222. The van der Waals surface area contributed by atoms with E-state index in [9.17, 15) is 0 Å². The fourth-order valence-corrected chi connectivity index (χ4v) is 2.03. The van der Waals surface area contributed by atoms with Crippen molar-refractivity contribution in [1.29, 1.82) is 0 Å². The minimum absolute atomic E-state index is 0. The van der Waals surface area contributed by atoms with E-state index in [1.165, 1.54) is 35.6 Å². The molecule has 21 heavy (non-hydrogen) atoms. The number of unbranched alkanes of at least 4 members (excludes halogenated alkanes) is 1. The van der Waals surface area contributed by atoms with Crippen LogP contribution in [0.5, 0.6) is 0 Å². The van der Waals surface area contributed by atoms with Crippen molar-refractivity contribution in [2.45, 2.75) is 26.2 Å². The Morgan fingerprint density at radius 1 is 0.952 bits per heavy atom. The van der Waals surface area contributed by atoms with E-state index in [-0.39, 0.29) is 69.7 Å². The minimum Gasteiger partial charge on any atom is -1.00 e. The molecule has 0 saturated heterocycles. The van der Waals surface area contributed by atoms with Crippen LogP contribution in [0.15, 0.2) is 66.7 Å². The zero-order chi connectivity index (χ0) is 12.6. The third kappa shape index (κ3) is 8.53. The molecule has 3 heteroatoms. The molecular weight excluding hydrogens is 518 g/mol. The average Bonchev–Trinajstić information content (AvgIpc) is 3.08. The predicted molar refractivity (Wildman–Crippen MR) is 80.2 cm³/mol. The average molecular weight is 538 g/mol. The summed E-state index contributed by atoms with van der Waals surface area (Å²) >= 11 is 0. The molecule has 3 aromatic carbocycles. The Kier molecular flexibility index (Phi) is 15.7. The third-order valence-corrected chi connectivity index (χ3v) is 3.10. The van der Waals surface area contributed by atoms with Gasteiger partial charge in [0, 0.05) is 0 Å². The number of benzene rings is 1. The van der Waals surface area contributed by atoms with E-state index >= 15 is 0 Å². The van der Waals surface area contributed by atoms with Crippen molar-refractivity contribution >= 4 is 10.8 Å². The van der Waals surface area contributed by atoms with Crippen molar-refractivity contribution < 1.29 is 69.7 Å². The first-order valence-electron chi connectivity index (χ1n) is 6.71. The van der Waals surface area contributed by atoms with Crippen molar-refractivity contribution in [3.05, 3.63) is 72.3 Å². The molecule has 0 saturated carbocycles. The second kappa shape index (κ2) is 14.0. The Morgan fingerprint density at radius 2 is 1.62 bits per heavy atom. The van der Waals surface area contributed by atoms with Gasteiger partial charge in [0.15, 0.2) is 0 Å². The summed E-state index contributed by atoms with van der Waals surface area (Å²) in [6.07, 6.45) is 3.87. The maximum absolute atomic E-state index is 2.23. The van der Waals surface area contributed by atoms with Gasteiger partial charge >= 0.3 is 21.7 Å². The van der Waals surface area contributed by atoms with Gasteiger partial charge in [0.2, 0.25) is 0 Å². The molecule has 0 unspecified atom stereocenters. The quantitative estimate of drug-likeness (QED) is 0.236. The Balaban J connectivity index is 0. The van der Waals surface area contributed by atoms with E-state index in [4.69, 9.17) is 0 Å². The second-order valence-corrected chi connectivity index (χ2v) is 4.55. The smallest absolute Gasteiger partial charge is 1.00 e. The summed E-state index contributed by atoms with van der Waals surface area (Å²) < 4.78 is 0. The molecule has 0 heterocycles. The van der Waals surface area contributed by atoms with Crippen LogP contribution >= 0.6 is 0 Å². The Labute approximate surface area is 177 Å². The standard InChI is InChI=1S/C9H7.C9H13.2HI.Ti/c1-2-5-9-7-3-6-8(9)4-1;1-2-3-6-9-7-4-5-8-9;;;/h1-7H;4-5,7-8H,2-3,6H2,1H3;2*1H;/q2*-1;;;+4/p-2. The number of aryl methyl sites for hydroxylation is 1. The molecule has 0 N–H and O–H groups in total. The van der Waals surface area contributed by atoms with Crippen LogP contribution in [0.2, 0.25) is 0 Å². The van der Waals surface area contributed by atoms with Crippen LogP contribution in [0.25, 0.3) is 10.8 Å². The molecule has 0 amide bonds. The first-order chi connectivity index (χ1) is 8.90. The monoisotopic (exact) mass is 538 g/mol. The molecular formula is C18H20I2Ti. The Hall–Kier alpha value is 0.354. The van der Waals surface area contributed by atoms with Crippen LogP contribution < -0.4 is 48.0 Å². The van der Waals surface area contributed by atoms with Crippen molar-refractivity contribution in [2.24, 2.45) is 0 Å². The zero-order valence-electron chi connectivity index (χ0n) is 12.2. The molecule has 0 radical (unpaired) electrons. The maximum atomic E-state index is 2.23. The number of fused-ring (bicyclic) bond motifs is 1. The van der Waals surface area contributed by atoms with Gasteiger partial charge < -0.3 is 48.0 Å². The summed E-state index contributed by atoms with van der Waals surface area (Å²) in [5, 5.41) is 2.66. The zero-order valence-corrected chi connectivity index (χ0v) is 18.1. The first-order valence-corrected chi connectivity index (χ1v) is 6.71. The molecule has 0 aliphatic heterocycles. The van der Waals surface area contributed by atoms with Crippen molar-refractivity contribution in [2.75, 3.05) is 0 Å². The molecule has 110 valence electrons. The third-order valence-electron chi connectivity index (χ3n) is 3.10. The van der Waals surface area contributed by atoms with Crippen LogP contribution in [0.1, 0.15) is 25.3 Å². The van der Waals surface area contributed by atoms with E-state index in [0.29, 0.717) is 0 Å². The second-order valence-electron chi connectivity index (χ2n) is 4.55. The predicted octanol–water partition coefficient (Wildman–Crippen LogP) is -0.688. The molecule has 0 bridgehead atoms. The van der Waals surface area contributed by atoms with Gasteiger partial charge in [0.05, 0.1) is 0 Å². The summed E-state index contributed by atoms with van der Waals surface area (Å²) in [5.74, 6) is 0. The molecule has 0 aliphatic carbocycles. The van der Waals surface area contributed by atoms with E-state index < -0.39 is 0 Å². The summed E-state index contributed by atoms with van der Waals surface area (Å²) in [6, 6.07) is 23.3. The van der Waals surface area contributed by atoms with Crippen LogP contribution in [0.4, 0.5) is 0 Å². The number of hydrogen-bond acceptors (Lipinski definition) is 0. The molecule has 3 aromatic rings. The van der Waals surface area contributed by atoms with Gasteiger partial charge in [-0.15, -0.1) is 29.7 Å². The van der Waals surface area contributed by atoms with E-state index in [2.05, 4.69) is 73.7 Å². The SMILES string of the molecule is CCCC[c-]1cccc1.[I-].[I-].[Ti+4].c1ccc2[cH-]ccc2c1. The van der Waals surface area contributed by atoms with Gasteiger partial charge in [-0.2, -0.15) is 35.2 Å². The molecule has 0 aliphatic rings. The first kappa shape index (κ1) is 23.6. The summed E-state index contributed by atoms with van der Waals surface area (Å²) in [6.45, 7) is 2.23. The van der Waals surface area contributed by atoms with Gasteiger partial charge in [-0.05, 0) is 0 Å². The van der Waals surface area contributed by atoms with Gasteiger partial charge in [-0.25, -0.2) is 12.1 Å². The van der Waals surface area contributed by atoms with Gasteiger partial charge in [0.1, 0.15) is 0 Å².